The predicted molar refractivity (Wildman–Crippen MR) is 102 cm³/mol. The first-order valence-corrected chi connectivity index (χ1v) is 10.3. The predicted octanol–water partition coefficient (Wildman–Crippen LogP) is 2.30. The number of aromatic nitrogens is 1. The summed E-state index contributed by atoms with van der Waals surface area (Å²) in [6.45, 7) is 2.15. The smallest absolute Gasteiger partial charge is 0.248 e. The van der Waals surface area contributed by atoms with E-state index >= 15 is 0 Å². The van der Waals surface area contributed by atoms with Crippen molar-refractivity contribution < 1.29 is 17.7 Å². The van der Waals surface area contributed by atoms with Crippen LogP contribution < -0.4 is 5.32 Å². The maximum absolute atomic E-state index is 13.2. The molecule has 2 heterocycles. The van der Waals surface area contributed by atoms with Gasteiger partial charge in [-0.1, -0.05) is 41.6 Å². The molecule has 7 nitrogen and oxygen atoms in total. The fourth-order valence-electron chi connectivity index (χ4n) is 3.24. The molecule has 1 aromatic carbocycles. The van der Waals surface area contributed by atoms with E-state index in [-0.39, 0.29) is 29.0 Å². The first-order chi connectivity index (χ1) is 12.9. The monoisotopic (exact) mass is 389 g/mol. The number of sulfonamides is 1. The molecule has 0 bridgehead atoms. The number of carbonyl (C=O) groups excluding carboxylic acids is 1. The number of hydrogen-bond donors (Lipinski definition) is 1. The van der Waals surface area contributed by atoms with Crippen molar-refractivity contribution in [2.45, 2.75) is 24.7 Å². The molecule has 1 aromatic heterocycles. The first kappa shape index (κ1) is 19.3. The Labute approximate surface area is 159 Å². The van der Waals surface area contributed by atoms with Gasteiger partial charge in [-0.15, -0.1) is 0 Å². The van der Waals surface area contributed by atoms with Crippen LogP contribution in [0.5, 0.6) is 0 Å². The second-order valence-electron chi connectivity index (χ2n) is 6.52. The van der Waals surface area contributed by atoms with E-state index < -0.39 is 10.0 Å². The second-order valence-corrected chi connectivity index (χ2v) is 8.40. The van der Waals surface area contributed by atoms with Gasteiger partial charge in [-0.3, -0.25) is 4.79 Å². The largest absolute Gasteiger partial charge is 0.359 e. The van der Waals surface area contributed by atoms with Gasteiger partial charge in [-0.05, 0) is 31.4 Å². The molecule has 0 aliphatic carbocycles. The maximum atomic E-state index is 13.2. The Morgan fingerprint density at radius 3 is 2.74 bits per heavy atom. The van der Waals surface area contributed by atoms with Crippen LogP contribution in [0.1, 0.15) is 29.9 Å². The second kappa shape index (κ2) is 8.06. The van der Waals surface area contributed by atoms with Crippen molar-refractivity contribution in [3.8, 4) is 0 Å². The summed E-state index contributed by atoms with van der Waals surface area (Å²) in [4.78, 5) is 12.0. The molecule has 1 aliphatic rings. The topological polar surface area (TPSA) is 92.5 Å². The van der Waals surface area contributed by atoms with E-state index in [4.69, 9.17) is 4.52 Å². The number of rotatable bonds is 5. The van der Waals surface area contributed by atoms with E-state index in [0.717, 1.165) is 5.56 Å². The van der Waals surface area contributed by atoms with E-state index in [9.17, 15) is 13.2 Å². The molecule has 2 aromatic rings. The zero-order valence-corrected chi connectivity index (χ0v) is 16.2. The number of nitrogens with zero attached hydrogens (tertiary/aromatic N) is 2. The molecule has 1 aliphatic heterocycles. The highest BCUT2D eigenvalue weighted by molar-refractivity contribution is 7.89. The van der Waals surface area contributed by atoms with Crippen molar-refractivity contribution in [1.29, 1.82) is 0 Å². The minimum absolute atomic E-state index is 0.0623. The van der Waals surface area contributed by atoms with Gasteiger partial charge in [-0.2, -0.15) is 4.31 Å². The van der Waals surface area contributed by atoms with E-state index in [1.165, 1.54) is 4.31 Å². The van der Waals surface area contributed by atoms with Crippen molar-refractivity contribution in [3.05, 3.63) is 47.3 Å². The van der Waals surface area contributed by atoms with Crippen LogP contribution in [-0.4, -0.2) is 43.9 Å². The van der Waals surface area contributed by atoms with Gasteiger partial charge in [0.2, 0.25) is 15.9 Å². The van der Waals surface area contributed by atoms with E-state index in [1.54, 1.807) is 26.1 Å². The lowest BCUT2D eigenvalue weighted by Crippen LogP contribution is -2.44. The Bertz CT molecular complexity index is 935. The van der Waals surface area contributed by atoms with Gasteiger partial charge < -0.3 is 9.84 Å². The molecule has 1 fully saturated rings. The molecule has 0 saturated carbocycles. The zero-order chi connectivity index (χ0) is 19.4. The van der Waals surface area contributed by atoms with Crippen LogP contribution in [0, 0.1) is 12.8 Å². The molecular weight excluding hydrogens is 366 g/mol. The number of amides is 1. The normalized spacial score (nSPS) is 18.7. The molecule has 0 unspecified atom stereocenters. The summed E-state index contributed by atoms with van der Waals surface area (Å²) in [5, 5.41) is 6.45. The van der Waals surface area contributed by atoms with Crippen LogP contribution in [0.2, 0.25) is 0 Å². The molecule has 27 heavy (non-hydrogen) atoms. The number of hydrogen-bond acceptors (Lipinski definition) is 5. The third-order valence-corrected chi connectivity index (χ3v) is 6.68. The van der Waals surface area contributed by atoms with Gasteiger partial charge in [0.15, 0.2) is 10.7 Å². The van der Waals surface area contributed by atoms with Crippen LogP contribution in [0.4, 0.5) is 0 Å². The van der Waals surface area contributed by atoms with Crippen molar-refractivity contribution in [2.75, 3.05) is 20.1 Å². The highest BCUT2D eigenvalue weighted by atomic mass is 32.2. The number of benzene rings is 1. The van der Waals surface area contributed by atoms with E-state index in [2.05, 4.69) is 10.5 Å². The van der Waals surface area contributed by atoms with Gasteiger partial charge >= 0.3 is 0 Å². The Morgan fingerprint density at radius 1 is 1.30 bits per heavy atom. The summed E-state index contributed by atoms with van der Waals surface area (Å²) in [6, 6.07) is 9.52. The minimum atomic E-state index is -3.81. The van der Waals surface area contributed by atoms with Gasteiger partial charge in [0.1, 0.15) is 5.69 Å². The average molecular weight is 389 g/mol. The summed E-state index contributed by atoms with van der Waals surface area (Å²) in [5.74, 6) is -0.290. The van der Waals surface area contributed by atoms with Crippen molar-refractivity contribution in [1.82, 2.24) is 14.8 Å². The minimum Gasteiger partial charge on any atom is -0.359 e. The molecule has 0 radical (unpaired) electrons. The lowest BCUT2D eigenvalue weighted by Gasteiger charge is -2.30. The van der Waals surface area contributed by atoms with Gasteiger partial charge in [0.25, 0.3) is 0 Å². The van der Waals surface area contributed by atoms with Crippen LogP contribution in [-0.2, 0) is 14.8 Å². The number of carbonyl (C=O) groups is 1. The third-order valence-electron chi connectivity index (χ3n) is 4.66. The molecule has 3 rings (SSSR count). The summed E-state index contributed by atoms with van der Waals surface area (Å²) in [6.07, 6.45) is 4.71. The van der Waals surface area contributed by atoms with Crippen LogP contribution >= 0.6 is 0 Å². The van der Waals surface area contributed by atoms with Gasteiger partial charge in [0.05, 0.1) is 5.92 Å². The number of piperidine rings is 1. The van der Waals surface area contributed by atoms with Crippen LogP contribution in [0.25, 0.3) is 12.2 Å². The van der Waals surface area contributed by atoms with Gasteiger partial charge in [-0.25, -0.2) is 8.42 Å². The molecule has 1 saturated heterocycles. The third kappa shape index (κ3) is 4.12. The van der Waals surface area contributed by atoms with Crippen LogP contribution in [0.15, 0.2) is 39.8 Å². The van der Waals surface area contributed by atoms with Crippen molar-refractivity contribution in [3.63, 3.8) is 0 Å². The Morgan fingerprint density at radius 2 is 2.04 bits per heavy atom. The lowest BCUT2D eigenvalue weighted by molar-refractivity contribution is -0.125. The van der Waals surface area contributed by atoms with Crippen molar-refractivity contribution in [2.24, 2.45) is 5.92 Å². The summed E-state index contributed by atoms with van der Waals surface area (Å²) >= 11 is 0. The Hall–Kier alpha value is -2.45. The molecule has 0 spiro atoms. The SMILES string of the molecule is CNC(=O)[C@H]1CCCN(S(=O)(=O)c2c(C)noc2/C=C/c2ccccc2)C1. The van der Waals surface area contributed by atoms with E-state index in [0.29, 0.717) is 25.1 Å². The maximum Gasteiger partial charge on any atom is 0.248 e. The quantitative estimate of drug-likeness (QED) is 0.847. The number of aryl methyl sites for hydroxylation is 1. The molecule has 144 valence electrons. The number of nitrogens with one attached hydrogen (secondary N) is 1. The summed E-state index contributed by atoms with van der Waals surface area (Å²) in [5.41, 5.74) is 1.23. The van der Waals surface area contributed by atoms with Gasteiger partial charge in [0, 0.05) is 20.1 Å². The van der Waals surface area contributed by atoms with E-state index in [1.807, 2.05) is 30.3 Å². The molecule has 1 N–H and O–H groups in total. The molecule has 1 amide bonds. The molecular formula is C19H23N3O4S. The first-order valence-electron chi connectivity index (χ1n) is 8.84. The van der Waals surface area contributed by atoms with Crippen molar-refractivity contribution >= 4 is 28.1 Å². The highest BCUT2D eigenvalue weighted by Gasteiger charge is 2.36. The summed E-state index contributed by atoms with van der Waals surface area (Å²) < 4.78 is 33.1. The molecule has 8 heteroatoms. The highest BCUT2D eigenvalue weighted by Crippen LogP contribution is 2.29. The average Bonchev–Trinajstić information content (AvgIpc) is 3.08. The molecule has 1 atom stereocenters. The fourth-order valence-corrected chi connectivity index (χ4v) is 5.02. The standard InChI is InChI=1S/C19H23N3O4S/c1-14-18(17(26-21-14)11-10-15-7-4-3-5-8-15)27(24,25)22-12-6-9-16(13-22)19(23)20-2/h3-5,7-8,10-11,16H,6,9,12-13H2,1-2H3,(H,20,23)/b11-10+/t16-/m0/s1. The zero-order valence-electron chi connectivity index (χ0n) is 15.4. The summed E-state index contributed by atoms with van der Waals surface area (Å²) in [7, 11) is -2.25. The lowest BCUT2D eigenvalue weighted by atomic mass is 9.99. The Kier molecular flexibility index (Phi) is 5.76. The fraction of sp³-hybridized carbons (Fsp3) is 0.368. The van der Waals surface area contributed by atoms with Crippen LogP contribution in [0.3, 0.4) is 0 Å². The Balaban J connectivity index is 1.90.